The minimum atomic E-state index is -1.13. The summed E-state index contributed by atoms with van der Waals surface area (Å²) < 4.78 is 0.915. The third kappa shape index (κ3) is 4.19. The lowest BCUT2D eigenvalue weighted by Crippen LogP contribution is -2.35. The Morgan fingerprint density at radius 3 is 2.72 bits per heavy atom. The molecule has 0 bridgehead atoms. The van der Waals surface area contributed by atoms with Crippen molar-refractivity contribution in [3.8, 4) is 0 Å². The van der Waals surface area contributed by atoms with Crippen molar-refractivity contribution < 1.29 is 15.1 Å². The highest BCUT2D eigenvalue weighted by Gasteiger charge is 2.23. The lowest BCUT2D eigenvalue weighted by molar-refractivity contribution is -0.135. The van der Waals surface area contributed by atoms with Gasteiger partial charge in [0.05, 0.1) is 6.04 Å². The van der Waals surface area contributed by atoms with Gasteiger partial charge in [-0.25, -0.2) is 4.79 Å². The van der Waals surface area contributed by atoms with E-state index in [0.717, 1.165) is 31.6 Å². The second kappa shape index (κ2) is 7.69. The smallest absolute Gasteiger partial charge is 0.404 e. The quantitative estimate of drug-likeness (QED) is 0.465. The van der Waals surface area contributed by atoms with Crippen molar-refractivity contribution in [1.29, 1.82) is 0 Å². The van der Waals surface area contributed by atoms with Gasteiger partial charge in [-0.1, -0.05) is 46.3 Å². The minimum Gasteiger partial charge on any atom is -0.465 e. The molecular weight excluding hydrogens is 386 g/mol. The number of hydrogen-bond acceptors (Lipinski definition) is 3. The van der Waals surface area contributed by atoms with E-state index in [1.807, 2.05) is 48.5 Å². The van der Waals surface area contributed by atoms with Gasteiger partial charge in [-0.3, -0.25) is 0 Å². The summed E-state index contributed by atoms with van der Waals surface area (Å²) in [5, 5.41) is 24.1. The summed E-state index contributed by atoms with van der Waals surface area (Å²) in [7, 11) is 0. The van der Waals surface area contributed by atoms with Crippen molar-refractivity contribution in [3.05, 3.63) is 70.3 Å². The molecule has 1 aromatic heterocycles. The van der Waals surface area contributed by atoms with E-state index in [9.17, 15) is 10.0 Å². The number of H-pyrrole nitrogens is 1. The Kier molecular flexibility index (Phi) is 5.37. The van der Waals surface area contributed by atoms with E-state index in [-0.39, 0.29) is 13.1 Å². The predicted octanol–water partition coefficient (Wildman–Crippen LogP) is 4.13. The minimum absolute atomic E-state index is 0.0676. The van der Waals surface area contributed by atoms with Crippen molar-refractivity contribution >= 4 is 32.9 Å². The first kappa shape index (κ1) is 17.5. The molecule has 0 radical (unpaired) electrons. The van der Waals surface area contributed by atoms with Gasteiger partial charge in [0, 0.05) is 34.7 Å². The van der Waals surface area contributed by atoms with Gasteiger partial charge in [0.15, 0.2) is 0 Å². The summed E-state index contributed by atoms with van der Waals surface area (Å²) >= 11 is 3.45. The molecule has 3 aromatic rings. The van der Waals surface area contributed by atoms with Crippen molar-refractivity contribution in [2.75, 3.05) is 6.54 Å². The number of aromatic nitrogens is 1. The highest BCUT2D eigenvalue weighted by molar-refractivity contribution is 9.10. The molecular formula is C18H18BrN3O3. The van der Waals surface area contributed by atoms with Crippen LogP contribution >= 0.6 is 15.9 Å². The van der Waals surface area contributed by atoms with Crippen molar-refractivity contribution in [2.24, 2.45) is 0 Å². The molecule has 0 aliphatic rings. The van der Waals surface area contributed by atoms with E-state index >= 15 is 0 Å². The number of amides is 1. The number of aromatic amines is 1. The zero-order valence-electron chi connectivity index (χ0n) is 13.3. The van der Waals surface area contributed by atoms with Crippen LogP contribution in [0.3, 0.4) is 0 Å². The van der Waals surface area contributed by atoms with Gasteiger partial charge in [-0.05, 0) is 29.3 Å². The Morgan fingerprint density at radius 1 is 1.24 bits per heavy atom. The van der Waals surface area contributed by atoms with Gasteiger partial charge in [-0.2, -0.15) is 5.06 Å². The summed E-state index contributed by atoms with van der Waals surface area (Å²) in [6.45, 7) is 0.353. The van der Waals surface area contributed by atoms with E-state index in [1.165, 1.54) is 0 Å². The van der Waals surface area contributed by atoms with Crippen LogP contribution in [0.2, 0.25) is 0 Å². The van der Waals surface area contributed by atoms with Crippen LogP contribution in [0.1, 0.15) is 17.2 Å². The molecule has 0 fully saturated rings. The molecule has 0 saturated carbocycles. The summed E-state index contributed by atoms with van der Waals surface area (Å²) in [6, 6.07) is 14.8. The molecule has 0 aliphatic carbocycles. The highest BCUT2D eigenvalue weighted by Crippen LogP contribution is 2.30. The summed E-state index contributed by atoms with van der Waals surface area (Å²) in [4.78, 5) is 14.1. The fraction of sp³-hybridized carbons (Fsp3) is 0.167. The summed E-state index contributed by atoms with van der Waals surface area (Å²) in [5.74, 6) is 0. The van der Waals surface area contributed by atoms with Crippen molar-refractivity contribution in [3.63, 3.8) is 0 Å². The van der Waals surface area contributed by atoms with Crippen LogP contribution in [-0.2, 0) is 6.54 Å². The number of fused-ring (bicyclic) bond motifs is 1. The molecule has 0 aliphatic heterocycles. The van der Waals surface area contributed by atoms with Crippen LogP contribution < -0.4 is 5.32 Å². The maximum atomic E-state index is 10.9. The number of nitrogens with one attached hydrogen (secondary N) is 2. The maximum Gasteiger partial charge on any atom is 0.404 e. The molecule has 1 unspecified atom stereocenters. The number of carboxylic acid groups (broad SMARTS) is 1. The van der Waals surface area contributed by atoms with Crippen LogP contribution in [0.25, 0.3) is 10.9 Å². The van der Waals surface area contributed by atoms with Gasteiger partial charge < -0.3 is 20.6 Å². The Balaban J connectivity index is 1.92. The first-order valence-electron chi connectivity index (χ1n) is 7.77. The number of hydrogen-bond donors (Lipinski definition) is 4. The van der Waals surface area contributed by atoms with Gasteiger partial charge in [0.1, 0.15) is 0 Å². The lowest BCUT2D eigenvalue weighted by atomic mass is 10.0. The molecule has 25 heavy (non-hydrogen) atoms. The molecule has 0 saturated heterocycles. The molecule has 0 spiro atoms. The van der Waals surface area contributed by atoms with Crippen molar-refractivity contribution in [2.45, 2.75) is 12.6 Å². The van der Waals surface area contributed by atoms with E-state index in [4.69, 9.17) is 5.11 Å². The second-order valence-corrected chi connectivity index (χ2v) is 6.63. The first-order chi connectivity index (χ1) is 12.0. The molecule has 1 atom stereocenters. The molecule has 3 rings (SSSR count). The maximum absolute atomic E-state index is 10.9. The van der Waals surface area contributed by atoms with Crippen molar-refractivity contribution in [1.82, 2.24) is 15.4 Å². The first-order valence-corrected chi connectivity index (χ1v) is 8.56. The molecule has 1 heterocycles. The SMILES string of the molecule is O=C(O)NCC(c1c[nH]c2ccc(Br)cc12)N(O)Cc1ccccc1. The fourth-order valence-electron chi connectivity index (χ4n) is 2.83. The number of rotatable bonds is 6. The number of nitrogens with zero attached hydrogens (tertiary/aromatic N) is 1. The lowest BCUT2D eigenvalue weighted by Gasteiger charge is -2.26. The molecule has 1 amide bonds. The number of benzene rings is 2. The zero-order chi connectivity index (χ0) is 17.8. The average Bonchev–Trinajstić information content (AvgIpc) is 2.99. The van der Waals surface area contributed by atoms with Crippen LogP contribution in [-0.4, -0.2) is 33.0 Å². The van der Waals surface area contributed by atoms with Crippen LogP contribution in [0, 0.1) is 0 Å². The summed E-state index contributed by atoms with van der Waals surface area (Å²) in [5.41, 5.74) is 2.68. The molecule has 4 N–H and O–H groups in total. The Labute approximate surface area is 153 Å². The van der Waals surface area contributed by atoms with E-state index in [0.29, 0.717) is 0 Å². The number of hydroxylamine groups is 2. The second-order valence-electron chi connectivity index (χ2n) is 5.72. The topological polar surface area (TPSA) is 88.6 Å². The largest absolute Gasteiger partial charge is 0.465 e. The van der Waals surface area contributed by atoms with E-state index in [1.54, 1.807) is 6.20 Å². The third-order valence-corrected chi connectivity index (χ3v) is 4.52. The average molecular weight is 404 g/mol. The zero-order valence-corrected chi connectivity index (χ0v) is 14.9. The molecule has 130 valence electrons. The van der Waals surface area contributed by atoms with Crippen LogP contribution in [0.4, 0.5) is 4.79 Å². The standard InChI is InChI=1S/C18H18BrN3O3/c19-13-6-7-16-14(8-13)15(9-20-16)17(10-21-18(23)24)22(25)11-12-4-2-1-3-5-12/h1-9,17,20-21,25H,10-11H2,(H,23,24). The fourth-order valence-corrected chi connectivity index (χ4v) is 3.19. The van der Waals surface area contributed by atoms with E-state index in [2.05, 4.69) is 26.2 Å². The normalized spacial score (nSPS) is 12.4. The van der Waals surface area contributed by atoms with Crippen LogP contribution in [0.15, 0.2) is 59.2 Å². The summed E-state index contributed by atoms with van der Waals surface area (Å²) in [6.07, 6.45) is 0.679. The van der Waals surface area contributed by atoms with Gasteiger partial charge in [0.2, 0.25) is 0 Å². The Morgan fingerprint density at radius 2 is 2.00 bits per heavy atom. The van der Waals surface area contributed by atoms with Gasteiger partial charge in [0.25, 0.3) is 0 Å². The molecule has 6 nitrogen and oxygen atoms in total. The van der Waals surface area contributed by atoms with Crippen LogP contribution in [0.5, 0.6) is 0 Å². The number of carbonyl (C=O) groups is 1. The number of halogens is 1. The molecule has 2 aromatic carbocycles. The monoisotopic (exact) mass is 403 g/mol. The van der Waals surface area contributed by atoms with Gasteiger partial charge >= 0.3 is 6.09 Å². The molecule has 7 heteroatoms. The Hall–Kier alpha value is -2.35. The predicted molar refractivity (Wildman–Crippen MR) is 98.5 cm³/mol. The van der Waals surface area contributed by atoms with Gasteiger partial charge in [-0.15, -0.1) is 0 Å². The van der Waals surface area contributed by atoms with E-state index < -0.39 is 12.1 Å². The highest BCUT2D eigenvalue weighted by atomic mass is 79.9. The third-order valence-electron chi connectivity index (χ3n) is 4.03. The Bertz CT molecular complexity index is 866.